The molecule has 1 aromatic carbocycles. The lowest BCUT2D eigenvalue weighted by Crippen LogP contribution is -2.08. The number of aromatic nitrogens is 2. The summed E-state index contributed by atoms with van der Waals surface area (Å²) in [6, 6.07) is 5.68. The summed E-state index contributed by atoms with van der Waals surface area (Å²) in [5.41, 5.74) is 4.42. The third-order valence-corrected chi connectivity index (χ3v) is 3.16. The molecule has 1 aromatic heterocycles. The van der Waals surface area contributed by atoms with E-state index in [1.54, 1.807) is 4.68 Å². The Morgan fingerprint density at radius 2 is 2.15 bits per heavy atom. The van der Waals surface area contributed by atoms with Gasteiger partial charge >= 0.3 is 5.97 Å². The van der Waals surface area contributed by atoms with Gasteiger partial charge < -0.3 is 10.1 Å². The van der Waals surface area contributed by atoms with Crippen molar-refractivity contribution >= 4 is 11.7 Å². The fourth-order valence-electron chi connectivity index (χ4n) is 2.10. The van der Waals surface area contributed by atoms with Crippen molar-refractivity contribution < 1.29 is 9.53 Å². The van der Waals surface area contributed by atoms with Crippen LogP contribution in [-0.4, -0.2) is 22.9 Å². The second kappa shape index (κ2) is 5.77. The van der Waals surface area contributed by atoms with Gasteiger partial charge in [-0.05, 0) is 26.0 Å². The molecule has 0 atom stereocenters. The fraction of sp³-hybridized carbons (Fsp3) is 0.333. The van der Waals surface area contributed by atoms with E-state index in [1.807, 2.05) is 45.3 Å². The molecule has 0 aliphatic carbocycles. The van der Waals surface area contributed by atoms with Crippen molar-refractivity contribution in [1.82, 2.24) is 9.78 Å². The number of carbonyl (C=O) groups is 1. The smallest absolute Gasteiger partial charge is 0.339 e. The van der Waals surface area contributed by atoms with E-state index in [2.05, 4.69) is 10.4 Å². The molecule has 0 saturated heterocycles. The highest BCUT2D eigenvalue weighted by Gasteiger charge is 2.12. The van der Waals surface area contributed by atoms with E-state index in [9.17, 15) is 4.79 Å². The Hall–Kier alpha value is -2.30. The number of aryl methyl sites for hydroxylation is 3. The summed E-state index contributed by atoms with van der Waals surface area (Å²) >= 11 is 0. The van der Waals surface area contributed by atoms with Crippen LogP contribution in [0.2, 0.25) is 0 Å². The molecule has 0 bridgehead atoms. The molecule has 1 N–H and O–H groups in total. The largest absolute Gasteiger partial charge is 0.465 e. The number of nitrogens with one attached hydrogen (secondary N) is 1. The number of nitrogens with zero attached hydrogens (tertiary/aromatic N) is 2. The average Bonchev–Trinajstić information content (AvgIpc) is 2.74. The van der Waals surface area contributed by atoms with Crippen molar-refractivity contribution in [3.8, 4) is 0 Å². The van der Waals surface area contributed by atoms with E-state index < -0.39 is 0 Å². The molecule has 0 amide bonds. The Morgan fingerprint density at radius 1 is 1.40 bits per heavy atom. The molecule has 0 fully saturated rings. The zero-order valence-corrected chi connectivity index (χ0v) is 12.2. The molecule has 20 heavy (non-hydrogen) atoms. The average molecular weight is 273 g/mol. The summed E-state index contributed by atoms with van der Waals surface area (Å²) in [6.45, 7) is 4.53. The van der Waals surface area contributed by atoms with Crippen LogP contribution in [0.1, 0.15) is 27.2 Å². The van der Waals surface area contributed by atoms with Crippen molar-refractivity contribution in [3.63, 3.8) is 0 Å². The maximum absolute atomic E-state index is 11.8. The van der Waals surface area contributed by atoms with E-state index in [0.717, 1.165) is 22.5 Å². The maximum atomic E-state index is 11.8. The van der Waals surface area contributed by atoms with Gasteiger partial charge in [-0.2, -0.15) is 5.10 Å². The number of hydrogen-bond donors (Lipinski definition) is 1. The first-order chi connectivity index (χ1) is 9.51. The quantitative estimate of drug-likeness (QED) is 0.869. The van der Waals surface area contributed by atoms with Gasteiger partial charge in [0.1, 0.15) is 0 Å². The minimum absolute atomic E-state index is 0.334. The van der Waals surface area contributed by atoms with E-state index in [-0.39, 0.29) is 5.97 Å². The molecule has 2 rings (SSSR count). The van der Waals surface area contributed by atoms with Gasteiger partial charge in [0.25, 0.3) is 0 Å². The van der Waals surface area contributed by atoms with Crippen LogP contribution in [-0.2, 0) is 18.3 Å². The van der Waals surface area contributed by atoms with Gasteiger partial charge in [0.2, 0.25) is 0 Å². The van der Waals surface area contributed by atoms with Crippen molar-refractivity contribution in [1.29, 1.82) is 0 Å². The SMILES string of the molecule is COC(=O)c1cc(C)ccc1NCc1cn(C)nc1C. The lowest BCUT2D eigenvalue weighted by molar-refractivity contribution is 0.0601. The first kappa shape index (κ1) is 14.1. The normalized spacial score (nSPS) is 10.4. The summed E-state index contributed by atoms with van der Waals surface area (Å²) in [7, 11) is 3.28. The van der Waals surface area contributed by atoms with E-state index >= 15 is 0 Å². The van der Waals surface area contributed by atoms with Gasteiger partial charge in [-0.25, -0.2) is 4.79 Å². The molecule has 0 aliphatic rings. The molecule has 0 spiro atoms. The fourth-order valence-corrected chi connectivity index (χ4v) is 2.10. The highest BCUT2D eigenvalue weighted by molar-refractivity contribution is 5.95. The van der Waals surface area contributed by atoms with E-state index in [1.165, 1.54) is 7.11 Å². The van der Waals surface area contributed by atoms with Crippen LogP contribution >= 0.6 is 0 Å². The Labute approximate surface area is 118 Å². The van der Waals surface area contributed by atoms with Gasteiger partial charge in [-0.1, -0.05) is 11.6 Å². The van der Waals surface area contributed by atoms with Gasteiger partial charge in [0, 0.05) is 31.0 Å². The van der Waals surface area contributed by atoms with Crippen LogP contribution in [0.4, 0.5) is 5.69 Å². The van der Waals surface area contributed by atoms with E-state index in [0.29, 0.717) is 12.1 Å². The molecular weight excluding hydrogens is 254 g/mol. The first-order valence-corrected chi connectivity index (χ1v) is 6.43. The van der Waals surface area contributed by atoms with Gasteiger partial charge in [0.15, 0.2) is 0 Å². The maximum Gasteiger partial charge on any atom is 0.339 e. The van der Waals surface area contributed by atoms with Gasteiger partial charge in [-0.15, -0.1) is 0 Å². The van der Waals surface area contributed by atoms with Crippen molar-refractivity contribution in [2.75, 3.05) is 12.4 Å². The number of anilines is 1. The minimum atomic E-state index is -0.334. The van der Waals surface area contributed by atoms with Crippen LogP contribution in [0.3, 0.4) is 0 Å². The zero-order valence-electron chi connectivity index (χ0n) is 12.2. The molecular formula is C15H19N3O2. The molecule has 0 unspecified atom stereocenters. The second-order valence-electron chi connectivity index (χ2n) is 4.81. The van der Waals surface area contributed by atoms with Crippen LogP contribution in [0.15, 0.2) is 24.4 Å². The predicted molar refractivity (Wildman–Crippen MR) is 77.8 cm³/mol. The molecule has 2 aromatic rings. The standard InChI is InChI=1S/C15H19N3O2/c1-10-5-6-14(13(7-10)15(19)20-4)16-8-12-9-18(3)17-11(12)2/h5-7,9,16H,8H2,1-4H3. The van der Waals surface area contributed by atoms with E-state index in [4.69, 9.17) is 4.74 Å². The van der Waals surface area contributed by atoms with Gasteiger partial charge in [-0.3, -0.25) is 4.68 Å². The van der Waals surface area contributed by atoms with Crippen LogP contribution in [0.25, 0.3) is 0 Å². The van der Waals surface area contributed by atoms with Crippen molar-refractivity contribution in [2.45, 2.75) is 20.4 Å². The number of benzene rings is 1. The first-order valence-electron chi connectivity index (χ1n) is 6.43. The molecule has 0 aliphatic heterocycles. The lowest BCUT2D eigenvalue weighted by Gasteiger charge is -2.11. The lowest BCUT2D eigenvalue weighted by atomic mass is 10.1. The molecule has 106 valence electrons. The van der Waals surface area contributed by atoms with Crippen LogP contribution in [0, 0.1) is 13.8 Å². The third-order valence-electron chi connectivity index (χ3n) is 3.16. The number of methoxy groups -OCH3 is 1. The molecule has 1 heterocycles. The van der Waals surface area contributed by atoms with Crippen LogP contribution in [0.5, 0.6) is 0 Å². The monoisotopic (exact) mass is 273 g/mol. The molecule has 5 nitrogen and oxygen atoms in total. The number of esters is 1. The molecule has 5 heteroatoms. The van der Waals surface area contributed by atoms with Crippen molar-refractivity contribution in [2.24, 2.45) is 7.05 Å². The highest BCUT2D eigenvalue weighted by Crippen LogP contribution is 2.19. The number of ether oxygens (including phenoxy) is 1. The number of rotatable bonds is 4. The summed E-state index contributed by atoms with van der Waals surface area (Å²) in [5, 5.41) is 7.57. The summed E-state index contributed by atoms with van der Waals surface area (Å²) < 4.78 is 6.60. The minimum Gasteiger partial charge on any atom is -0.465 e. The van der Waals surface area contributed by atoms with Crippen LogP contribution < -0.4 is 5.32 Å². The number of carbonyl (C=O) groups excluding carboxylic acids is 1. The Balaban J connectivity index is 2.21. The number of hydrogen-bond acceptors (Lipinski definition) is 4. The Morgan fingerprint density at radius 3 is 2.75 bits per heavy atom. The third kappa shape index (κ3) is 2.99. The summed E-state index contributed by atoms with van der Waals surface area (Å²) in [6.07, 6.45) is 1.97. The Bertz CT molecular complexity index is 632. The second-order valence-corrected chi connectivity index (χ2v) is 4.81. The Kier molecular flexibility index (Phi) is 4.08. The van der Waals surface area contributed by atoms with Gasteiger partial charge in [0.05, 0.1) is 18.4 Å². The molecule has 0 radical (unpaired) electrons. The predicted octanol–water partition coefficient (Wildman–Crippen LogP) is 2.44. The summed E-state index contributed by atoms with van der Waals surface area (Å²) in [4.78, 5) is 11.8. The summed E-state index contributed by atoms with van der Waals surface area (Å²) in [5.74, 6) is -0.334. The van der Waals surface area contributed by atoms with Crippen molar-refractivity contribution in [3.05, 3.63) is 46.8 Å². The molecule has 0 saturated carbocycles. The highest BCUT2D eigenvalue weighted by atomic mass is 16.5. The topological polar surface area (TPSA) is 56.1 Å². The zero-order chi connectivity index (χ0) is 14.7.